The van der Waals surface area contributed by atoms with E-state index in [4.69, 9.17) is 22.3 Å². The van der Waals surface area contributed by atoms with Gasteiger partial charge < -0.3 is 22.3 Å². The van der Waals surface area contributed by atoms with Crippen molar-refractivity contribution in [3.63, 3.8) is 0 Å². The summed E-state index contributed by atoms with van der Waals surface area (Å²) in [6.45, 7) is -0.0711. The Morgan fingerprint density at radius 1 is 1.40 bits per heavy atom. The smallest absolute Gasteiger partial charge is 0.320 e. The molecule has 0 saturated carbocycles. The molecule has 0 rings (SSSR count). The minimum Gasteiger partial charge on any atom is -0.480 e. The Labute approximate surface area is 85.1 Å². The zero-order valence-electron chi connectivity index (χ0n) is 7.94. The highest BCUT2D eigenvalue weighted by atomic mass is 19.3. The third kappa shape index (κ3) is 5.11. The van der Waals surface area contributed by atoms with Crippen molar-refractivity contribution >= 4 is 11.9 Å². The van der Waals surface area contributed by atoms with Gasteiger partial charge in [0.25, 0.3) is 0 Å². The van der Waals surface area contributed by atoms with Gasteiger partial charge in [-0.15, -0.1) is 0 Å². The van der Waals surface area contributed by atoms with Crippen LogP contribution in [0.1, 0.15) is 6.42 Å². The summed E-state index contributed by atoms with van der Waals surface area (Å²) in [4.78, 5) is 13.9. The molecule has 0 bridgehead atoms. The molecular formula is C7H14F2N4O2. The highest BCUT2D eigenvalue weighted by Crippen LogP contribution is 2.17. The highest BCUT2D eigenvalue weighted by Gasteiger charge is 2.31. The number of carboxylic acids is 1. The summed E-state index contributed by atoms with van der Waals surface area (Å²) in [6, 6.07) is -1.61. The molecule has 0 radical (unpaired) electrons. The Bertz CT molecular complexity index is 243. The van der Waals surface area contributed by atoms with Crippen LogP contribution in [-0.2, 0) is 4.79 Å². The molecule has 1 unspecified atom stereocenters. The van der Waals surface area contributed by atoms with E-state index >= 15 is 0 Å². The third-order valence-corrected chi connectivity index (χ3v) is 1.83. The number of rotatable bonds is 6. The predicted molar refractivity (Wildman–Crippen MR) is 50.4 cm³/mol. The van der Waals surface area contributed by atoms with E-state index in [-0.39, 0.29) is 18.9 Å². The van der Waals surface area contributed by atoms with Crippen LogP contribution in [0.25, 0.3) is 0 Å². The number of nitrogens with two attached hydrogens (primary N) is 3. The second-order valence-corrected chi connectivity index (χ2v) is 2.96. The third-order valence-electron chi connectivity index (χ3n) is 1.83. The van der Waals surface area contributed by atoms with Gasteiger partial charge in [-0.2, -0.15) is 0 Å². The van der Waals surface area contributed by atoms with E-state index in [1.54, 1.807) is 0 Å². The minimum absolute atomic E-state index is 0.0711. The number of hydrogen-bond acceptors (Lipinski definition) is 3. The number of aliphatic carboxylic acids is 1. The number of alkyl halides is 2. The number of guanidine groups is 1. The van der Waals surface area contributed by atoms with Crippen LogP contribution in [-0.4, -0.2) is 36.0 Å². The van der Waals surface area contributed by atoms with E-state index in [1.807, 2.05) is 0 Å². The summed E-state index contributed by atoms with van der Waals surface area (Å²) in [6.07, 6.45) is -2.99. The van der Waals surface area contributed by atoms with Gasteiger partial charge in [0.05, 0.1) is 0 Å². The molecular weight excluding hydrogens is 210 g/mol. The van der Waals surface area contributed by atoms with Crippen LogP contribution >= 0.6 is 0 Å². The lowest BCUT2D eigenvalue weighted by molar-refractivity contribution is -0.141. The average molecular weight is 224 g/mol. The maximum Gasteiger partial charge on any atom is 0.320 e. The molecule has 0 heterocycles. The summed E-state index contributed by atoms with van der Waals surface area (Å²) < 4.78 is 24.8. The van der Waals surface area contributed by atoms with Crippen molar-refractivity contribution in [3.05, 3.63) is 0 Å². The first-order valence-corrected chi connectivity index (χ1v) is 4.18. The first kappa shape index (κ1) is 13.6. The standard InChI is InChI=1S/C7H14F2N4O2/c8-5(9)3(4(10)6(14)15)1-2-13-7(11)12/h3-5H,1-2,10H2,(H,14,15)(H4,11,12,13)/t3?,4-/m0/s1. The fourth-order valence-corrected chi connectivity index (χ4v) is 0.988. The molecule has 15 heavy (non-hydrogen) atoms. The van der Waals surface area contributed by atoms with Gasteiger partial charge in [-0.3, -0.25) is 9.79 Å². The van der Waals surface area contributed by atoms with Gasteiger partial charge in [-0.1, -0.05) is 0 Å². The fourth-order valence-electron chi connectivity index (χ4n) is 0.988. The predicted octanol–water partition coefficient (Wildman–Crippen LogP) is -1.06. The minimum atomic E-state index is -2.81. The largest absolute Gasteiger partial charge is 0.480 e. The molecule has 0 spiro atoms. The zero-order valence-corrected chi connectivity index (χ0v) is 7.94. The van der Waals surface area contributed by atoms with Crippen LogP contribution in [0, 0.1) is 5.92 Å². The van der Waals surface area contributed by atoms with Crippen molar-refractivity contribution < 1.29 is 18.7 Å². The van der Waals surface area contributed by atoms with E-state index in [2.05, 4.69) is 4.99 Å². The van der Waals surface area contributed by atoms with Gasteiger partial charge in [0, 0.05) is 12.5 Å². The molecule has 0 aromatic heterocycles. The van der Waals surface area contributed by atoms with Crippen LogP contribution < -0.4 is 17.2 Å². The molecule has 0 aromatic carbocycles. The van der Waals surface area contributed by atoms with Crippen LogP contribution in [0.15, 0.2) is 4.99 Å². The van der Waals surface area contributed by atoms with E-state index in [1.165, 1.54) is 0 Å². The number of nitrogens with zero attached hydrogens (tertiary/aromatic N) is 1. The number of carboxylic acid groups (broad SMARTS) is 1. The van der Waals surface area contributed by atoms with E-state index in [0.29, 0.717) is 0 Å². The zero-order chi connectivity index (χ0) is 12.0. The first-order valence-electron chi connectivity index (χ1n) is 4.18. The second-order valence-electron chi connectivity index (χ2n) is 2.96. The molecule has 7 N–H and O–H groups in total. The summed E-state index contributed by atoms with van der Waals surface area (Å²) in [7, 11) is 0. The van der Waals surface area contributed by atoms with Crippen LogP contribution in [0.3, 0.4) is 0 Å². The second kappa shape index (κ2) is 6.12. The van der Waals surface area contributed by atoms with E-state index in [9.17, 15) is 13.6 Å². The molecule has 88 valence electrons. The summed E-state index contributed by atoms with van der Waals surface area (Å²) in [5.74, 6) is -3.15. The lowest BCUT2D eigenvalue weighted by Crippen LogP contribution is -2.41. The monoisotopic (exact) mass is 224 g/mol. The molecule has 8 heteroatoms. The Balaban J connectivity index is 4.29. The van der Waals surface area contributed by atoms with Crippen molar-refractivity contribution in [1.82, 2.24) is 0 Å². The highest BCUT2D eigenvalue weighted by molar-refractivity contribution is 5.75. The topological polar surface area (TPSA) is 128 Å². The lowest BCUT2D eigenvalue weighted by atomic mass is 9.97. The number of aliphatic imine (C=N–C) groups is 1. The van der Waals surface area contributed by atoms with Gasteiger partial charge in [0.1, 0.15) is 6.04 Å². The summed E-state index contributed by atoms with van der Waals surface area (Å²) >= 11 is 0. The average Bonchev–Trinajstić information content (AvgIpc) is 2.10. The molecule has 0 aliphatic heterocycles. The van der Waals surface area contributed by atoms with Crippen molar-refractivity contribution in [2.24, 2.45) is 28.1 Å². The Hall–Kier alpha value is -1.44. The molecule has 0 aromatic rings. The molecule has 0 aliphatic carbocycles. The lowest BCUT2D eigenvalue weighted by Gasteiger charge is -2.18. The van der Waals surface area contributed by atoms with Gasteiger partial charge >= 0.3 is 5.97 Å². The Morgan fingerprint density at radius 2 is 1.93 bits per heavy atom. The fraction of sp³-hybridized carbons (Fsp3) is 0.714. The maximum atomic E-state index is 12.4. The van der Waals surface area contributed by atoms with Crippen LogP contribution in [0.4, 0.5) is 8.78 Å². The van der Waals surface area contributed by atoms with Gasteiger partial charge in [-0.05, 0) is 6.42 Å². The molecule has 0 saturated heterocycles. The molecule has 0 amide bonds. The van der Waals surface area contributed by atoms with Gasteiger partial charge in [0.15, 0.2) is 5.96 Å². The summed E-state index contributed by atoms with van der Waals surface area (Å²) in [5.41, 5.74) is 15.1. The van der Waals surface area contributed by atoms with Gasteiger partial charge in [-0.25, -0.2) is 8.78 Å². The Morgan fingerprint density at radius 3 is 2.27 bits per heavy atom. The van der Waals surface area contributed by atoms with Gasteiger partial charge in [0.2, 0.25) is 6.43 Å². The van der Waals surface area contributed by atoms with E-state index in [0.717, 1.165) is 0 Å². The molecule has 0 aliphatic rings. The van der Waals surface area contributed by atoms with E-state index < -0.39 is 24.4 Å². The summed E-state index contributed by atoms with van der Waals surface area (Å²) in [5, 5.41) is 8.47. The van der Waals surface area contributed by atoms with Crippen molar-refractivity contribution in [2.45, 2.75) is 18.9 Å². The maximum absolute atomic E-state index is 12.4. The quantitative estimate of drug-likeness (QED) is 0.338. The molecule has 6 nitrogen and oxygen atoms in total. The SMILES string of the molecule is NC(N)=NCCC(C(F)F)[C@H](N)C(=O)O. The Kier molecular flexibility index (Phi) is 5.53. The molecule has 2 atom stereocenters. The number of halogens is 2. The number of hydrogen-bond donors (Lipinski definition) is 4. The molecule has 0 fully saturated rings. The van der Waals surface area contributed by atoms with Crippen molar-refractivity contribution in [3.8, 4) is 0 Å². The first-order chi connectivity index (χ1) is 6.86. The normalized spacial score (nSPS) is 14.7. The van der Waals surface area contributed by atoms with Crippen molar-refractivity contribution in [2.75, 3.05) is 6.54 Å². The van der Waals surface area contributed by atoms with Crippen molar-refractivity contribution in [1.29, 1.82) is 0 Å². The van der Waals surface area contributed by atoms with Crippen LogP contribution in [0.5, 0.6) is 0 Å². The number of carbonyl (C=O) groups is 1. The van der Waals surface area contributed by atoms with Crippen LogP contribution in [0.2, 0.25) is 0 Å².